The standard InChI is InChI=1S/C24H13BrOS/c25-15-12-18(24-20(13-15)16-5-1-3-7-21(16)26-24)14-9-10-23-19(11-14)17-6-2-4-8-22(17)27-23/h1-13H. The molecule has 0 unspecified atom stereocenters. The fourth-order valence-electron chi connectivity index (χ4n) is 3.90. The van der Waals surface area contributed by atoms with Crippen LogP contribution < -0.4 is 0 Å². The maximum atomic E-state index is 6.26. The summed E-state index contributed by atoms with van der Waals surface area (Å²) in [6.45, 7) is 0. The molecule has 0 N–H and O–H groups in total. The number of hydrogen-bond acceptors (Lipinski definition) is 2. The number of benzene rings is 4. The Kier molecular flexibility index (Phi) is 3.25. The molecular weight excluding hydrogens is 416 g/mol. The summed E-state index contributed by atoms with van der Waals surface area (Å²) in [4.78, 5) is 0. The van der Waals surface area contributed by atoms with E-state index in [9.17, 15) is 0 Å². The van der Waals surface area contributed by atoms with Gasteiger partial charge in [-0.2, -0.15) is 0 Å². The third kappa shape index (κ3) is 2.29. The molecule has 2 aromatic heterocycles. The maximum Gasteiger partial charge on any atom is 0.143 e. The second kappa shape index (κ2) is 5.69. The van der Waals surface area contributed by atoms with Crippen molar-refractivity contribution in [3.8, 4) is 11.1 Å². The van der Waals surface area contributed by atoms with E-state index in [1.54, 1.807) is 0 Å². The molecule has 0 amide bonds. The second-order valence-electron chi connectivity index (χ2n) is 6.74. The Morgan fingerprint density at radius 3 is 2.37 bits per heavy atom. The van der Waals surface area contributed by atoms with E-state index in [1.165, 1.54) is 25.7 Å². The lowest BCUT2D eigenvalue weighted by Crippen LogP contribution is -1.80. The Morgan fingerprint density at radius 1 is 0.667 bits per heavy atom. The summed E-state index contributed by atoms with van der Waals surface area (Å²) in [6, 6.07) is 27.8. The van der Waals surface area contributed by atoms with Crippen LogP contribution in [0.15, 0.2) is 87.8 Å². The first-order valence-corrected chi connectivity index (χ1v) is 10.4. The monoisotopic (exact) mass is 428 g/mol. The van der Waals surface area contributed by atoms with Crippen LogP contribution in [0.4, 0.5) is 0 Å². The van der Waals surface area contributed by atoms with Crippen LogP contribution in [-0.2, 0) is 0 Å². The van der Waals surface area contributed by atoms with Crippen LogP contribution in [0.25, 0.3) is 53.2 Å². The molecule has 27 heavy (non-hydrogen) atoms. The molecule has 4 aromatic carbocycles. The van der Waals surface area contributed by atoms with Crippen LogP contribution in [0.5, 0.6) is 0 Å². The number of halogens is 1. The molecule has 0 spiro atoms. The van der Waals surface area contributed by atoms with E-state index in [1.807, 2.05) is 23.5 Å². The fraction of sp³-hybridized carbons (Fsp3) is 0. The molecule has 0 fully saturated rings. The topological polar surface area (TPSA) is 13.1 Å². The van der Waals surface area contributed by atoms with Crippen molar-refractivity contribution in [1.82, 2.24) is 0 Å². The van der Waals surface area contributed by atoms with Gasteiger partial charge in [-0.3, -0.25) is 0 Å². The van der Waals surface area contributed by atoms with E-state index in [4.69, 9.17) is 4.42 Å². The highest BCUT2D eigenvalue weighted by Crippen LogP contribution is 2.41. The number of para-hydroxylation sites is 1. The summed E-state index contributed by atoms with van der Waals surface area (Å²) in [5.74, 6) is 0. The lowest BCUT2D eigenvalue weighted by Gasteiger charge is -2.05. The Morgan fingerprint density at radius 2 is 1.44 bits per heavy atom. The minimum atomic E-state index is 0.925. The van der Waals surface area contributed by atoms with Crippen LogP contribution in [-0.4, -0.2) is 0 Å². The molecule has 6 rings (SSSR count). The summed E-state index contributed by atoms with van der Waals surface area (Å²) >= 11 is 5.54. The highest BCUT2D eigenvalue weighted by Gasteiger charge is 2.14. The van der Waals surface area contributed by atoms with Gasteiger partial charge in [-0.05, 0) is 42.0 Å². The van der Waals surface area contributed by atoms with Crippen molar-refractivity contribution in [2.24, 2.45) is 0 Å². The van der Waals surface area contributed by atoms with Crippen LogP contribution in [0.2, 0.25) is 0 Å². The number of hydrogen-bond donors (Lipinski definition) is 0. The molecule has 0 radical (unpaired) electrons. The molecule has 2 heterocycles. The minimum Gasteiger partial charge on any atom is -0.455 e. The molecular formula is C24H13BrOS. The lowest BCUT2D eigenvalue weighted by molar-refractivity contribution is 0.670. The van der Waals surface area contributed by atoms with E-state index in [-0.39, 0.29) is 0 Å². The molecule has 0 saturated carbocycles. The van der Waals surface area contributed by atoms with Gasteiger partial charge in [0.25, 0.3) is 0 Å². The lowest BCUT2D eigenvalue weighted by atomic mass is 10.0. The summed E-state index contributed by atoms with van der Waals surface area (Å²) in [6.07, 6.45) is 0. The molecule has 0 atom stereocenters. The number of rotatable bonds is 1. The van der Waals surface area contributed by atoms with E-state index in [2.05, 4.69) is 82.7 Å². The zero-order valence-corrected chi connectivity index (χ0v) is 16.6. The van der Waals surface area contributed by atoms with Crippen molar-refractivity contribution in [3.05, 3.63) is 83.3 Å². The molecule has 3 heteroatoms. The van der Waals surface area contributed by atoms with Crippen LogP contribution in [0.3, 0.4) is 0 Å². The van der Waals surface area contributed by atoms with Crippen molar-refractivity contribution in [2.45, 2.75) is 0 Å². The van der Waals surface area contributed by atoms with Crippen LogP contribution in [0, 0.1) is 0 Å². The summed E-state index contributed by atoms with van der Waals surface area (Å²) in [5.41, 5.74) is 4.16. The third-order valence-corrected chi connectivity index (χ3v) is 6.74. The fourth-order valence-corrected chi connectivity index (χ4v) is 5.44. The van der Waals surface area contributed by atoms with Gasteiger partial charge in [0.2, 0.25) is 0 Å². The number of fused-ring (bicyclic) bond motifs is 6. The summed E-state index contributed by atoms with van der Waals surface area (Å²) < 4.78 is 9.96. The summed E-state index contributed by atoms with van der Waals surface area (Å²) in [5, 5.41) is 4.91. The van der Waals surface area contributed by atoms with Crippen molar-refractivity contribution in [2.75, 3.05) is 0 Å². The first-order chi connectivity index (χ1) is 13.3. The smallest absolute Gasteiger partial charge is 0.143 e. The van der Waals surface area contributed by atoms with Gasteiger partial charge in [0.15, 0.2) is 0 Å². The van der Waals surface area contributed by atoms with Crippen molar-refractivity contribution in [3.63, 3.8) is 0 Å². The molecule has 0 aliphatic heterocycles. The van der Waals surface area contributed by atoms with Gasteiger partial charge in [0, 0.05) is 41.0 Å². The quantitative estimate of drug-likeness (QED) is 0.256. The highest BCUT2D eigenvalue weighted by molar-refractivity contribution is 9.10. The average Bonchev–Trinajstić information content (AvgIpc) is 3.25. The molecule has 1 nitrogen and oxygen atoms in total. The van der Waals surface area contributed by atoms with E-state index in [0.29, 0.717) is 0 Å². The Balaban J connectivity index is 1.70. The van der Waals surface area contributed by atoms with Gasteiger partial charge in [-0.1, -0.05) is 58.4 Å². The minimum absolute atomic E-state index is 0.925. The van der Waals surface area contributed by atoms with Crippen LogP contribution in [0.1, 0.15) is 0 Å². The van der Waals surface area contributed by atoms with Crippen molar-refractivity contribution < 1.29 is 4.42 Å². The van der Waals surface area contributed by atoms with Gasteiger partial charge in [0.05, 0.1) is 0 Å². The van der Waals surface area contributed by atoms with Gasteiger partial charge >= 0.3 is 0 Å². The molecule has 0 aliphatic rings. The molecule has 6 aromatic rings. The predicted octanol–water partition coefficient (Wildman–Crippen LogP) is 8.38. The Labute approximate surface area is 168 Å². The van der Waals surface area contributed by atoms with Gasteiger partial charge in [-0.15, -0.1) is 11.3 Å². The third-order valence-electron chi connectivity index (χ3n) is 5.13. The molecule has 0 aliphatic carbocycles. The predicted molar refractivity (Wildman–Crippen MR) is 120 cm³/mol. The zero-order valence-electron chi connectivity index (χ0n) is 14.2. The van der Waals surface area contributed by atoms with Crippen LogP contribution >= 0.6 is 27.3 Å². The zero-order chi connectivity index (χ0) is 18.0. The average molecular weight is 429 g/mol. The first kappa shape index (κ1) is 15.4. The molecule has 128 valence electrons. The Hall–Kier alpha value is -2.62. The van der Waals surface area contributed by atoms with Gasteiger partial charge in [0.1, 0.15) is 11.2 Å². The van der Waals surface area contributed by atoms with Crippen molar-refractivity contribution >= 4 is 69.4 Å². The van der Waals surface area contributed by atoms with E-state index < -0.39 is 0 Å². The van der Waals surface area contributed by atoms with Gasteiger partial charge < -0.3 is 4.42 Å². The second-order valence-corrected chi connectivity index (χ2v) is 8.74. The largest absolute Gasteiger partial charge is 0.455 e. The van der Waals surface area contributed by atoms with Crippen molar-refractivity contribution in [1.29, 1.82) is 0 Å². The first-order valence-electron chi connectivity index (χ1n) is 8.80. The summed E-state index contributed by atoms with van der Waals surface area (Å²) in [7, 11) is 0. The molecule has 0 saturated heterocycles. The van der Waals surface area contributed by atoms with E-state index in [0.717, 1.165) is 32.0 Å². The number of furan rings is 1. The van der Waals surface area contributed by atoms with E-state index >= 15 is 0 Å². The number of thiophene rings is 1. The Bertz CT molecular complexity index is 1490. The maximum absolute atomic E-state index is 6.26. The molecule has 0 bridgehead atoms. The SMILES string of the molecule is Brc1cc(-c2ccc3sc4ccccc4c3c2)c2oc3ccccc3c2c1. The normalized spacial score (nSPS) is 11.9. The van der Waals surface area contributed by atoms with Gasteiger partial charge in [-0.25, -0.2) is 0 Å². The highest BCUT2D eigenvalue weighted by atomic mass is 79.9.